The van der Waals surface area contributed by atoms with Crippen LogP contribution in [0.15, 0.2) is 34.9 Å². The van der Waals surface area contributed by atoms with Crippen LogP contribution in [0.5, 0.6) is 0 Å². The van der Waals surface area contributed by atoms with Gasteiger partial charge in [-0.25, -0.2) is 0 Å². The van der Waals surface area contributed by atoms with E-state index in [2.05, 4.69) is 22.2 Å². The Bertz CT molecular complexity index is 739. The molecule has 2 fully saturated rings. The summed E-state index contributed by atoms with van der Waals surface area (Å²) in [7, 11) is 0. The number of rotatable bonds is 4. The van der Waals surface area contributed by atoms with Gasteiger partial charge in [0.15, 0.2) is 5.69 Å². The second-order valence-electron chi connectivity index (χ2n) is 6.94. The van der Waals surface area contributed by atoms with Gasteiger partial charge >= 0.3 is 0 Å². The Morgan fingerprint density at radius 3 is 2.72 bits per heavy atom. The van der Waals surface area contributed by atoms with Gasteiger partial charge in [-0.2, -0.15) is 0 Å². The quantitative estimate of drug-likeness (QED) is 0.837. The van der Waals surface area contributed by atoms with E-state index in [1.807, 2.05) is 23.1 Å². The zero-order valence-electron chi connectivity index (χ0n) is 14.2. The molecule has 25 heavy (non-hydrogen) atoms. The van der Waals surface area contributed by atoms with Gasteiger partial charge in [-0.3, -0.25) is 9.69 Å². The van der Waals surface area contributed by atoms with Crippen molar-refractivity contribution < 1.29 is 9.32 Å². The van der Waals surface area contributed by atoms with Gasteiger partial charge in [0.05, 0.1) is 0 Å². The van der Waals surface area contributed by atoms with E-state index in [0.29, 0.717) is 11.6 Å². The number of benzene rings is 1. The zero-order valence-corrected chi connectivity index (χ0v) is 14.9. The lowest BCUT2D eigenvalue weighted by molar-refractivity contribution is 0.0750. The van der Waals surface area contributed by atoms with Crippen molar-refractivity contribution >= 4 is 17.5 Å². The van der Waals surface area contributed by atoms with E-state index in [0.717, 1.165) is 62.8 Å². The molecule has 5 nitrogen and oxygen atoms in total. The first-order valence-corrected chi connectivity index (χ1v) is 9.29. The van der Waals surface area contributed by atoms with E-state index in [9.17, 15) is 4.79 Å². The zero-order chi connectivity index (χ0) is 17.2. The van der Waals surface area contributed by atoms with Crippen molar-refractivity contribution in [1.29, 1.82) is 0 Å². The topological polar surface area (TPSA) is 49.6 Å². The summed E-state index contributed by atoms with van der Waals surface area (Å²) < 4.78 is 5.32. The molecule has 6 heteroatoms. The van der Waals surface area contributed by atoms with Crippen LogP contribution in [0.25, 0.3) is 0 Å². The fourth-order valence-corrected chi connectivity index (χ4v) is 3.42. The molecule has 0 spiro atoms. The van der Waals surface area contributed by atoms with E-state index >= 15 is 0 Å². The predicted octanol–water partition coefficient (Wildman–Crippen LogP) is 3.55. The molecule has 1 aliphatic carbocycles. The summed E-state index contributed by atoms with van der Waals surface area (Å²) in [5.74, 6) is 1.33. The molecule has 1 aliphatic heterocycles. The lowest BCUT2D eigenvalue weighted by Gasteiger charge is -2.21. The molecule has 1 amide bonds. The Morgan fingerprint density at radius 2 is 1.96 bits per heavy atom. The number of carbonyl (C=O) groups is 1. The van der Waals surface area contributed by atoms with Crippen LogP contribution in [0, 0.1) is 0 Å². The molecule has 1 aromatic heterocycles. The van der Waals surface area contributed by atoms with Gasteiger partial charge in [0.2, 0.25) is 0 Å². The molecule has 1 aromatic carbocycles. The summed E-state index contributed by atoms with van der Waals surface area (Å²) in [5, 5.41) is 4.74. The van der Waals surface area contributed by atoms with Gasteiger partial charge in [0.1, 0.15) is 5.76 Å². The van der Waals surface area contributed by atoms with Gasteiger partial charge in [0, 0.05) is 49.7 Å². The molecule has 1 saturated carbocycles. The summed E-state index contributed by atoms with van der Waals surface area (Å²) in [4.78, 5) is 17.0. The Morgan fingerprint density at radius 1 is 1.16 bits per heavy atom. The number of carbonyl (C=O) groups excluding carboxylic acids is 1. The van der Waals surface area contributed by atoms with E-state index < -0.39 is 0 Å². The number of amides is 1. The first-order valence-electron chi connectivity index (χ1n) is 8.92. The molecule has 0 unspecified atom stereocenters. The van der Waals surface area contributed by atoms with Crippen LogP contribution in [0.1, 0.15) is 47.0 Å². The first-order chi connectivity index (χ1) is 12.2. The van der Waals surface area contributed by atoms with Crippen molar-refractivity contribution in [3.8, 4) is 0 Å². The third-order valence-electron chi connectivity index (χ3n) is 4.92. The second-order valence-corrected chi connectivity index (χ2v) is 7.37. The van der Waals surface area contributed by atoms with Crippen LogP contribution in [-0.2, 0) is 6.54 Å². The molecule has 0 bridgehead atoms. The average molecular weight is 360 g/mol. The van der Waals surface area contributed by atoms with Crippen LogP contribution < -0.4 is 0 Å². The molecule has 2 aromatic rings. The maximum absolute atomic E-state index is 12.7. The SMILES string of the molecule is O=C(c1cc(C2CC2)on1)N1CCCN(Cc2ccc(Cl)cc2)CC1. The minimum Gasteiger partial charge on any atom is -0.360 e. The largest absolute Gasteiger partial charge is 0.360 e. The summed E-state index contributed by atoms with van der Waals surface area (Å²) in [5.41, 5.74) is 1.70. The number of nitrogens with zero attached hydrogens (tertiary/aromatic N) is 3. The molecule has 2 aliphatic rings. The summed E-state index contributed by atoms with van der Waals surface area (Å²) in [6, 6.07) is 9.80. The van der Waals surface area contributed by atoms with Crippen molar-refractivity contribution in [3.05, 3.63) is 52.4 Å². The number of hydrogen-bond donors (Lipinski definition) is 0. The van der Waals surface area contributed by atoms with Crippen LogP contribution >= 0.6 is 11.6 Å². The van der Waals surface area contributed by atoms with E-state index in [4.69, 9.17) is 16.1 Å². The highest BCUT2D eigenvalue weighted by molar-refractivity contribution is 6.30. The van der Waals surface area contributed by atoms with Gasteiger partial charge < -0.3 is 9.42 Å². The maximum Gasteiger partial charge on any atom is 0.276 e. The summed E-state index contributed by atoms with van der Waals surface area (Å²) in [6.45, 7) is 4.22. The van der Waals surface area contributed by atoms with Gasteiger partial charge in [-0.15, -0.1) is 0 Å². The van der Waals surface area contributed by atoms with Crippen LogP contribution in [0.4, 0.5) is 0 Å². The average Bonchev–Trinajstić information content (AvgIpc) is 3.39. The van der Waals surface area contributed by atoms with E-state index in [-0.39, 0.29) is 5.91 Å². The smallest absolute Gasteiger partial charge is 0.276 e. The number of hydrogen-bond acceptors (Lipinski definition) is 4. The van der Waals surface area contributed by atoms with Crippen molar-refractivity contribution in [1.82, 2.24) is 15.0 Å². The van der Waals surface area contributed by atoms with Crippen molar-refractivity contribution in [3.63, 3.8) is 0 Å². The fourth-order valence-electron chi connectivity index (χ4n) is 3.29. The van der Waals surface area contributed by atoms with E-state index in [1.165, 1.54) is 5.56 Å². The Hall–Kier alpha value is -1.85. The van der Waals surface area contributed by atoms with Crippen LogP contribution in [0.3, 0.4) is 0 Å². The normalized spacial score (nSPS) is 19.0. The molecule has 1 saturated heterocycles. The third kappa shape index (κ3) is 4.05. The fraction of sp³-hybridized carbons (Fsp3) is 0.474. The minimum atomic E-state index is -0.0102. The van der Waals surface area contributed by atoms with Crippen molar-refractivity contribution in [2.75, 3.05) is 26.2 Å². The highest BCUT2D eigenvalue weighted by Crippen LogP contribution is 2.40. The molecular formula is C19H22ClN3O2. The van der Waals surface area contributed by atoms with Crippen molar-refractivity contribution in [2.24, 2.45) is 0 Å². The Labute approximate surface area is 152 Å². The molecule has 0 radical (unpaired) electrons. The Balaban J connectivity index is 1.35. The summed E-state index contributed by atoms with van der Waals surface area (Å²) >= 11 is 5.95. The highest BCUT2D eigenvalue weighted by Gasteiger charge is 2.30. The van der Waals surface area contributed by atoms with Gasteiger partial charge in [0.25, 0.3) is 5.91 Å². The molecule has 0 atom stereocenters. The lowest BCUT2D eigenvalue weighted by Crippen LogP contribution is -2.35. The van der Waals surface area contributed by atoms with Crippen LogP contribution in [-0.4, -0.2) is 47.0 Å². The third-order valence-corrected chi connectivity index (χ3v) is 5.17. The number of aromatic nitrogens is 1. The lowest BCUT2D eigenvalue weighted by atomic mass is 10.2. The molecule has 2 heterocycles. The first kappa shape index (κ1) is 16.6. The summed E-state index contributed by atoms with van der Waals surface area (Å²) in [6.07, 6.45) is 3.26. The second kappa shape index (κ2) is 7.18. The van der Waals surface area contributed by atoms with E-state index in [1.54, 1.807) is 0 Å². The van der Waals surface area contributed by atoms with Gasteiger partial charge in [-0.05, 0) is 37.0 Å². The predicted molar refractivity (Wildman–Crippen MR) is 95.7 cm³/mol. The highest BCUT2D eigenvalue weighted by atomic mass is 35.5. The Kier molecular flexibility index (Phi) is 4.77. The molecule has 0 N–H and O–H groups in total. The maximum atomic E-state index is 12.7. The molecular weight excluding hydrogens is 338 g/mol. The standard InChI is InChI=1S/C19H22ClN3O2/c20-16-6-2-14(3-7-16)13-22-8-1-9-23(11-10-22)19(24)17-12-18(25-21-17)15-4-5-15/h2-3,6-7,12,15H,1,4-5,8-11,13H2. The monoisotopic (exact) mass is 359 g/mol. The molecule has 132 valence electrons. The van der Waals surface area contributed by atoms with Gasteiger partial charge in [-0.1, -0.05) is 28.9 Å². The minimum absolute atomic E-state index is 0.0102. The molecule has 4 rings (SSSR count). The number of halogens is 1. The van der Waals surface area contributed by atoms with Crippen molar-refractivity contribution in [2.45, 2.75) is 31.7 Å². The van der Waals surface area contributed by atoms with Crippen LogP contribution in [0.2, 0.25) is 5.02 Å².